The zero-order chi connectivity index (χ0) is 88.2. The molecule has 12 bridgehead atoms. The highest BCUT2D eigenvalue weighted by Gasteiger charge is 2.54. The van der Waals surface area contributed by atoms with Crippen LogP contribution in [0.4, 0.5) is 51.2 Å². The van der Waals surface area contributed by atoms with E-state index in [-0.39, 0.29) is 0 Å². The van der Waals surface area contributed by atoms with Crippen molar-refractivity contribution in [2.24, 2.45) is 53.3 Å². The summed E-state index contributed by atoms with van der Waals surface area (Å²) in [6, 6.07) is 132. The first-order valence-corrected chi connectivity index (χ1v) is 52.6. The van der Waals surface area contributed by atoms with Gasteiger partial charge in [0.2, 0.25) is 0 Å². The molecule has 14 aromatic rings. The quantitative estimate of drug-likeness (QED) is 0.0799. The van der Waals surface area contributed by atoms with Gasteiger partial charge in [-0.15, -0.1) is 0 Å². The fourth-order valence-corrected chi connectivity index (χ4v) is 30.7. The Bertz CT molecular complexity index is 6140. The Labute approximate surface area is 794 Å². The van der Waals surface area contributed by atoms with Gasteiger partial charge < -0.3 is 14.7 Å². The van der Waals surface area contributed by atoms with Gasteiger partial charge in [0.05, 0.1) is 5.69 Å². The monoisotopic (exact) mass is 1740 g/mol. The molecule has 15 fully saturated rings. The number of hydrogen-bond acceptors (Lipinski definition) is 3. The molecule has 0 N–H and O–H groups in total. The Kier molecular flexibility index (Phi) is 23.5. The van der Waals surface area contributed by atoms with Crippen molar-refractivity contribution in [2.75, 3.05) is 14.7 Å². The van der Waals surface area contributed by atoms with Crippen molar-refractivity contribution >= 4 is 62.0 Å². The number of rotatable bonds is 19. The maximum absolute atomic E-state index is 2.51. The summed E-state index contributed by atoms with van der Waals surface area (Å²) in [5.41, 5.74) is 31.8. The van der Waals surface area contributed by atoms with Crippen molar-refractivity contribution in [1.29, 1.82) is 0 Å². The van der Waals surface area contributed by atoms with Crippen molar-refractivity contribution in [1.82, 2.24) is 0 Å². The van der Waals surface area contributed by atoms with Gasteiger partial charge in [0, 0.05) is 51.1 Å². The van der Waals surface area contributed by atoms with Crippen LogP contribution in [-0.4, -0.2) is 0 Å². The van der Waals surface area contributed by atoms with Crippen LogP contribution in [0.3, 0.4) is 0 Å². The normalized spacial score (nSPS) is 26.0. The van der Waals surface area contributed by atoms with E-state index in [2.05, 4.69) is 360 Å². The van der Waals surface area contributed by atoms with E-state index in [0.717, 1.165) is 65.1 Å². The van der Waals surface area contributed by atoms with Gasteiger partial charge in [-0.25, -0.2) is 0 Å². The van der Waals surface area contributed by atoms with Gasteiger partial charge in [0.1, 0.15) is 0 Å². The Hall–Kier alpha value is -11.3. The van der Waals surface area contributed by atoms with Crippen molar-refractivity contribution in [2.45, 2.75) is 246 Å². The number of benzene rings is 14. The van der Waals surface area contributed by atoms with E-state index in [1.165, 1.54) is 335 Å². The second kappa shape index (κ2) is 36.9. The SMILES string of the molecule is c1ccc(-c2cc(-c3ccccc3)cc(N(c3ccc(C4CCCCC4)cc3)c3ccc(C45CC6CC(CC(C6)C4)C5)cc3)c2)cc1.c1ccc(-c2ccccc2N(c2ccc(C3CCCCC3)cc2)c2ccc(C34CC5CC(CC(C5)C3)C4)cc2)cc1.c1ccc2c(-c3ccc(N(c4ccc(C5CCCCC5)cc4)c4ccc(C56CC7CC(CC(C7)C5)C6)cc4)cc3)cccc2c1. The largest absolute Gasteiger partial charge is 0.311 e. The zero-order valence-electron chi connectivity index (χ0n) is 78.5. The maximum atomic E-state index is 2.51. The van der Waals surface area contributed by atoms with Crippen molar-refractivity contribution in [3.63, 3.8) is 0 Å². The minimum absolute atomic E-state index is 0.410. The van der Waals surface area contributed by atoms with Crippen LogP contribution in [-0.2, 0) is 16.2 Å². The summed E-state index contributed by atoms with van der Waals surface area (Å²) < 4.78 is 0. The number of anilines is 9. The van der Waals surface area contributed by atoms with Crippen LogP contribution in [0.5, 0.6) is 0 Å². The third-order valence-electron chi connectivity index (χ3n) is 35.9. The Morgan fingerprint density at radius 1 is 0.188 bits per heavy atom. The summed E-state index contributed by atoms with van der Waals surface area (Å²) in [5.74, 6) is 10.8. The molecule has 0 aromatic heterocycles. The van der Waals surface area contributed by atoms with E-state index in [0.29, 0.717) is 22.2 Å². The molecule has 0 spiro atoms. The molecule has 670 valence electrons. The lowest BCUT2D eigenvalue weighted by molar-refractivity contribution is -0.00530. The van der Waals surface area contributed by atoms with Gasteiger partial charge in [-0.1, -0.05) is 294 Å². The van der Waals surface area contributed by atoms with E-state index in [1.54, 1.807) is 16.7 Å². The summed E-state index contributed by atoms with van der Waals surface area (Å²) >= 11 is 0. The summed E-state index contributed by atoms with van der Waals surface area (Å²) in [4.78, 5) is 7.48. The Morgan fingerprint density at radius 3 is 0.820 bits per heavy atom. The molecule has 133 heavy (non-hydrogen) atoms. The number of hydrogen-bond donors (Lipinski definition) is 0. The van der Waals surface area contributed by atoms with Crippen LogP contribution in [0.15, 0.2) is 346 Å². The van der Waals surface area contributed by atoms with Gasteiger partial charge in [0.25, 0.3) is 0 Å². The molecule has 0 atom stereocenters. The van der Waals surface area contributed by atoms with Crippen LogP contribution >= 0.6 is 0 Å². The third kappa shape index (κ3) is 17.3. The lowest BCUT2D eigenvalue weighted by Crippen LogP contribution is -2.48. The number of nitrogens with zero attached hydrogens (tertiary/aromatic N) is 3. The summed E-state index contributed by atoms with van der Waals surface area (Å²) in [7, 11) is 0. The number of fused-ring (bicyclic) bond motifs is 1. The molecule has 3 heteroatoms. The van der Waals surface area contributed by atoms with E-state index < -0.39 is 0 Å². The predicted molar refractivity (Wildman–Crippen MR) is 560 cm³/mol. The van der Waals surface area contributed by atoms with Gasteiger partial charge in [0.15, 0.2) is 0 Å². The molecule has 29 rings (SSSR count). The number of para-hydroxylation sites is 1. The van der Waals surface area contributed by atoms with Crippen molar-refractivity contribution < 1.29 is 0 Å². The standard InChI is InChI=1S/C46H47N.C44H45N.C40H43N/c1-4-10-36(11-5-1)39-16-20-43(21-17-39)47(44-22-18-42(19-23-44)46-30-33-24-34(31-46)26-35(25-33)32-46)45-28-40(37-12-6-2-7-13-37)27-41(29-45)38-14-8-3-9-15-38;1-2-7-34(8-3-1)35-13-19-39(20-14-35)45(40-21-15-37(16-22-40)43-12-6-10-36-9-4-5-11-42(36)43)41-23-17-38(18-24-41)44-28-31-25-32(29-44)27-33(26-31)30-44;1-3-9-32(10-4-1)33-15-19-36(20-16-33)41(39-14-8-7-13-38(39)34-11-5-2-6-12-34)37-21-17-35(18-22-37)40-26-29-23-30(27-40)25-31(24-29)28-40/h2-3,6-9,12-23,27-29,33-36H,1,4-5,10-11,24-26,30-32H2;4-6,9-24,31-34H,1-3,7-8,25-30H2;2,5-8,11-22,29-32H,1,3-4,9-10,23-28H2. The first-order valence-electron chi connectivity index (χ1n) is 52.6. The van der Waals surface area contributed by atoms with Crippen molar-refractivity contribution in [3.05, 3.63) is 379 Å². The molecule has 0 saturated heterocycles. The highest BCUT2D eigenvalue weighted by atomic mass is 15.2. The van der Waals surface area contributed by atoms with Gasteiger partial charge in [-0.3, -0.25) is 0 Å². The smallest absolute Gasteiger partial charge is 0.0540 e. The van der Waals surface area contributed by atoms with Gasteiger partial charge in [-0.2, -0.15) is 0 Å². The highest BCUT2D eigenvalue weighted by molar-refractivity contribution is 5.97. The maximum Gasteiger partial charge on any atom is 0.0540 e. The molecular formula is C130H135N3. The molecule has 15 saturated carbocycles. The first kappa shape index (κ1) is 84.7. The molecule has 0 radical (unpaired) electrons. The average Bonchev–Trinajstić information content (AvgIpc) is 0.744. The topological polar surface area (TPSA) is 9.72 Å². The highest BCUT2D eigenvalue weighted by Crippen LogP contribution is 2.65. The average molecular weight is 1740 g/mol. The van der Waals surface area contributed by atoms with Crippen LogP contribution < -0.4 is 14.7 Å². The minimum Gasteiger partial charge on any atom is -0.311 e. The fourth-order valence-electron chi connectivity index (χ4n) is 30.7. The Morgan fingerprint density at radius 2 is 0.459 bits per heavy atom. The molecule has 15 aliphatic carbocycles. The molecular weight excluding hydrogens is 1600 g/mol. The summed E-state index contributed by atoms with van der Waals surface area (Å²) in [6.07, 6.45) is 46.6. The van der Waals surface area contributed by atoms with Crippen LogP contribution in [0.25, 0.3) is 55.3 Å². The molecule has 0 heterocycles. The summed E-state index contributed by atoms with van der Waals surface area (Å²) in [6.45, 7) is 0. The lowest BCUT2D eigenvalue weighted by Gasteiger charge is -2.57. The van der Waals surface area contributed by atoms with E-state index in [9.17, 15) is 0 Å². The third-order valence-corrected chi connectivity index (χ3v) is 35.9. The first-order chi connectivity index (χ1) is 65.6. The second-order valence-electron chi connectivity index (χ2n) is 44.5. The molecule has 0 unspecified atom stereocenters. The fraction of sp³-hybridized carbons (Fsp3) is 0.369. The van der Waals surface area contributed by atoms with E-state index in [4.69, 9.17) is 0 Å². The predicted octanol–water partition coefficient (Wildman–Crippen LogP) is 36.8. The van der Waals surface area contributed by atoms with Crippen molar-refractivity contribution in [3.8, 4) is 44.5 Å². The van der Waals surface area contributed by atoms with Gasteiger partial charge >= 0.3 is 0 Å². The molecule has 3 nitrogen and oxygen atoms in total. The van der Waals surface area contributed by atoms with E-state index >= 15 is 0 Å². The Balaban J connectivity index is 0.000000110. The minimum atomic E-state index is 0.410. The molecule has 14 aromatic carbocycles. The zero-order valence-corrected chi connectivity index (χ0v) is 78.5. The molecule has 0 amide bonds. The van der Waals surface area contributed by atoms with E-state index in [1.807, 2.05) is 0 Å². The molecule has 0 aliphatic heterocycles. The molecule has 15 aliphatic rings. The van der Waals surface area contributed by atoms with Crippen LogP contribution in [0.2, 0.25) is 0 Å². The second-order valence-corrected chi connectivity index (χ2v) is 44.5. The van der Waals surface area contributed by atoms with Gasteiger partial charge in [-0.05, 0) is 434 Å². The summed E-state index contributed by atoms with van der Waals surface area (Å²) in [5, 5.41) is 2.60. The van der Waals surface area contributed by atoms with Crippen LogP contribution in [0.1, 0.15) is 263 Å². The lowest BCUT2D eigenvalue weighted by atomic mass is 9.48. The van der Waals surface area contributed by atoms with Crippen LogP contribution in [0, 0.1) is 53.3 Å².